The molecule has 1 aromatic heterocycles. The number of tetrazole rings is 1. The number of nitrogens with zero attached hydrogens (tertiary/aromatic N) is 5. The van der Waals surface area contributed by atoms with E-state index in [4.69, 9.17) is 0 Å². The van der Waals surface area contributed by atoms with E-state index >= 15 is 0 Å². The van der Waals surface area contributed by atoms with Gasteiger partial charge in [-0.15, -0.1) is 5.10 Å². The summed E-state index contributed by atoms with van der Waals surface area (Å²) in [7, 11) is 0. The molecule has 2 atom stereocenters. The molecule has 4 rings (SSSR count). The van der Waals surface area contributed by atoms with Crippen molar-refractivity contribution in [2.75, 3.05) is 13.1 Å². The highest BCUT2D eigenvalue weighted by atomic mass is 19.4. The Bertz CT molecular complexity index is 797. The van der Waals surface area contributed by atoms with E-state index < -0.39 is 11.7 Å². The number of likely N-dealkylation sites (tertiary alicyclic amines) is 1. The van der Waals surface area contributed by atoms with Crippen LogP contribution < -0.4 is 0 Å². The van der Waals surface area contributed by atoms with Crippen LogP contribution in [0.2, 0.25) is 0 Å². The lowest BCUT2D eigenvalue weighted by atomic mass is 9.94. The lowest BCUT2D eigenvalue weighted by Gasteiger charge is -2.37. The standard InChI is InChI=1S/C20H26F3N5/c1-14-6-5-11-27(13-14)18(15-7-4-8-16(12-15)20(21,22)23)19-24-25-26-28(19)17-9-2-3-10-17/h4,7-8,12,14,17-18H,2-3,5-6,9-11,13H2,1H3/t14-,18-/m1/s1. The maximum Gasteiger partial charge on any atom is 0.416 e. The minimum absolute atomic E-state index is 0.237. The highest BCUT2D eigenvalue weighted by Gasteiger charge is 2.35. The van der Waals surface area contributed by atoms with Crippen LogP contribution in [0.5, 0.6) is 0 Å². The fourth-order valence-electron chi connectivity index (χ4n) is 4.66. The number of halogens is 3. The van der Waals surface area contributed by atoms with Gasteiger partial charge in [0.2, 0.25) is 0 Å². The van der Waals surface area contributed by atoms with E-state index in [2.05, 4.69) is 27.3 Å². The van der Waals surface area contributed by atoms with Crippen LogP contribution in [-0.4, -0.2) is 38.2 Å². The van der Waals surface area contributed by atoms with Gasteiger partial charge < -0.3 is 0 Å². The summed E-state index contributed by atoms with van der Waals surface area (Å²) in [4.78, 5) is 2.25. The first kappa shape index (κ1) is 19.4. The Morgan fingerprint density at radius 2 is 1.89 bits per heavy atom. The third-order valence-electron chi connectivity index (χ3n) is 6.02. The second kappa shape index (κ2) is 7.81. The Kier molecular flexibility index (Phi) is 5.40. The van der Waals surface area contributed by atoms with Gasteiger partial charge in [0.15, 0.2) is 5.82 Å². The van der Waals surface area contributed by atoms with Gasteiger partial charge in [-0.3, -0.25) is 4.90 Å². The van der Waals surface area contributed by atoms with Crippen LogP contribution in [0, 0.1) is 5.92 Å². The smallest absolute Gasteiger partial charge is 0.289 e. The van der Waals surface area contributed by atoms with Gasteiger partial charge >= 0.3 is 6.18 Å². The predicted molar refractivity (Wildman–Crippen MR) is 98.6 cm³/mol. The van der Waals surface area contributed by atoms with Crippen molar-refractivity contribution < 1.29 is 13.2 Å². The average molecular weight is 393 g/mol. The number of piperidine rings is 1. The molecule has 0 unspecified atom stereocenters. The largest absolute Gasteiger partial charge is 0.416 e. The molecule has 1 aromatic carbocycles. The number of hydrogen-bond donors (Lipinski definition) is 0. The Hall–Kier alpha value is -1.96. The van der Waals surface area contributed by atoms with Gasteiger partial charge in [0.25, 0.3) is 0 Å². The molecule has 8 heteroatoms. The van der Waals surface area contributed by atoms with Crippen molar-refractivity contribution in [2.45, 2.75) is 63.7 Å². The zero-order chi connectivity index (χ0) is 19.7. The summed E-state index contributed by atoms with van der Waals surface area (Å²) >= 11 is 0. The fourth-order valence-corrected chi connectivity index (χ4v) is 4.66. The van der Waals surface area contributed by atoms with Crippen molar-refractivity contribution >= 4 is 0 Å². The maximum absolute atomic E-state index is 13.3. The summed E-state index contributed by atoms with van der Waals surface area (Å²) < 4.78 is 41.9. The van der Waals surface area contributed by atoms with Gasteiger partial charge in [0, 0.05) is 6.54 Å². The van der Waals surface area contributed by atoms with Crippen molar-refractivity contribution in [1.29, 1.82) is 0 Å². The average Bonchev–Trinajstić information content (AvgIpc) is 3.33. The summed E-state index contributed by atoms with van der Waals surface area (Å²) in [6, 6.07) is 5.52. The van der Waals surface area contributed by atoms with Crippen LogP contribution >= 0.6 is 0 Å². The van der Waals surface area contributed by atoms with Crippen LogP contribution in [0.1, 0.15) is 74.5 Å². The van der Waals surface area contributed by atoms with Crippen LogP contribution in [0.4, 0.5) is 13.2 Å². The van der Waals surface area contributed by atoms with Crippen molar-refractivity contribution in [3.8, 4) is 0 Å². The zero-order valence-corrected chi connectivity index (χ0v) is 16.1. The molecule has 0 spiro atoms. The van der Waals surface area contributed by atoms with Crippen molar-refractivity contribution in [2.24, 2.45) is 5.92 Å². The molecule has 5 nitrogen and oxygen atoms in total. The van der Waals surface area contributed by atoms with Gasteiger partial charge in [0.1, 0.15) is 0 Å². The first-order valence-corrected chi connectivity index (χ1v) is 10.1. The monoisotopic (exact) mass is 393 g/mol. The van der Waals surface area contributed by atoms with E-state index in [-0.39, 0.29) is 12.1 Å². The van der Waals surface area contributed by atoms with Crippen molar-refractivity contribution in [1.82, 2.24) is 25.1 Å². The first-order valence-electron chi connectivity index (χ1n) is 10.1. The Balaban J connectivity index is 1.76. The number of aromatic nitrogens is 4. The minimum atomic E-state index is -4.37. The first-order chi connectivity index (χ1) is 13.4. The zero-order valence-electron chi connectivity index (χ0n) is 16.1. The van der Waals surface area contributed by atoms with Crippen molar-refractivity contribution in [3.63, 3.8) is 0 Å². The highest BCUT2D eigenvalue weighted by molar-refractivity contribution is 5.31. The second-order valence-electron chi connectivity index (χ2n) is 8.19. The normalized spacial score (nSPS) is 23.2. The van der Waals surface area contributed by atoms with E-state index in [1.807, 2.05) is 4.68 Å². The van der Waals surface area contributed by atoms with E-state index in [1.165, 1.54) is 12.1 Å². The number of rotatable bonds is 4. The van der Waals surface area contributed by atoms with Crippen LogP contribution in [-0.2, 0) is 6.18 Å². The quantitative estimate of drug-likeness (QED) is 0.760. The number of alkyl halides is 3. The summed E-state index contributed by atoms with van der Waals surface area (Å²) in [5.74, 6) is 1.16. The molecule has 28 heavy (non-hydrogen) atoms. The summed E-state index contributed by atoms with van der Waals surface area (Å²) in [6.07, 6.45) is 2.11. The molecule has 0 amide bonds. The third-order valence-corrected chi connectivity index (χ3v) is 6.02. The summed E-state index contributed by atoms with van der Waals surface area (Å²) in [5.41, 5.74) is -0.0158. The van der Waals surface area contributed by atoms with E-state index in [1.54, 1.807) is 6.07 Å². The molecule has 2 heterocycles. The molecular formula is C20H26F3N5. The molecule has 1 saturated heterocycles. The number of hydrogen-bond acceptors (Lipinski definition) is 4. The molecule has 2 fully saturated rings. The highest BCUT2D eigenvalue weighted by Crippen LogP contribution is 2.37. The Morgan fingerprint density at radius 1 is 1.11 bits per heavy atom. The molecular weight excluding hydrogens is 367 g/mol. The van der Waals surface area contributed by atoms with Gasteiger partial charge in [-0.05, 0) is 66.3 Å². The van der Waals surface area contributed by atoms with Gasteiger partial charge in [-0.25, -0.2) is 4.68 Å². The Labute approximate surface area is 162 Å². The second-order valence-corrected chi connectivity index (χ2v) is 8.19. The van der Waals surface area contributed by atoms with Crippen molar-refractivity contribution in [3.05, 3.63) is 41.2 Å². The lowest BCUT2D eigenvalue weighted by molar-refractivity contribution is -0.137. The number of benzene rings is 1. The minimum Gasteiger partial charge on any atom is -0.289 e. The molecule has 1 aliphatic heterocycles. The fraction of sp³-hybridized carbons (Fsp3) is 0.650. The third kappa shape index (κ3) is 3.92. The van der Waals surface area contributed by atoms with E-state index in [9.17, 15) is 13.2 Å². The van der Waals surface area contributed by atoms with Crippen LogP contribution in [0.15, 0.2) is 24.3 Å². The molecule has 1 saturated carbocycles. The SMILES string of the molecule is C[C@@H]1CCCN([C@H](c2cccc(C(F)(F)F)c2)c2nnnn2C2CCCC2)C1. The van der Waals surface area contributed by atoms with Gasteiger partial charge in [-0.1, -0.05) is 31.9 Å². The molecule has 2 aliphatic rings. The molecule has 1 aliphatic carbocycles. The summed E-state index contributed by atoms with van der Waals surface area (Å²) in [5, 5.41) is 12.5. The molecule has 0 N–H and O–H groups in total. The molecule has 0 radical (unpaired) electrons. The Morgan fingerprint density at radius 3 is 2.61 bits per heavy atom. The van der Waals surface area contributed by atoms with Crippen LogP contribution in [0.3, 0.4) is 0 Å². The molecule has 2 aromatic rings. The maximum atomic E-state index is 13.3. The molecule has 152 valence electrons. The van der Waals surface area contributed by atoms with Gasteiger partial charge in [0.05, 0.1) is 17.6 Å². The van der Waals surface area contributed by atoms with Crippen LogP contribution in [0.25, 0.3) is 0 Å². The predicted octanol–water partition coefficient (Wildman–Crippen LogP) is 4.63. The van der Waals surface area contributed by atoms with Gasteiger partial charge in [-0.2, -0.15) is 13.2 Å². The topological polar surface area (TPSA) is 46.8 Å². The summed E-state index contributed by atoms with van der Waals surface area (Å²) in [6.45, 7) is 3.86. The molecule has 0 bridgehead atoms. The lowest BCUT2D eigenvalue weighted by Crippen LogP contribution is -2.39. The van der Waals surface area contributed by atoms with E-state index in [0.29, 0.717) is 17.3 Å². The van der Waals surface area contributed by atoms with E-state index in [0.717, 1.165) is 57.7 Å².